The van der Waals surface area contributed by atoms with Gasteiger partial charge in [-0.25, -0.2) is 8.42 Å². The third-order valence-corrected chi connectivity index (χ3v) is 7.57. The molecule has 0 spiro atoms. The van der Waals surface area contributed by atoms with Crippen LogP contribution in [0.15, 0.2) is 29.2 Å². The maximum Gasteiger partial charge on any atom is 0.243 e. The molecule has 2 fully saturated rings. The zero-order valence-corrected chi connectivity index (χ0v) is 16.2. The third-order valence-electron chi connectivity index (χ3n) is 5.63. The van der Waals surface area contributed by atoms with E-state index in [1.807, 2.05) is 0 Å². The molecule has 0 aliphatic carbocycles. The van der Waals surface area contributed by atoms with Crippen LogP contribution in [0.3, 0.4) is 0 Å². The van der Waals surface area contributed by atoms with Crippen molar-refractivity contribution in [2.75, 3.05) is 33.3 Å². The van der Waals surface area contributed by atoms with Crippen molar-refractivity contribution in [1.82, 2.24) is 9.21 Å². The van der Waals surface area contributed by atoms with Crippen LogP contribution in [-0.4, -0.2) is 57.0 Å². The van der Waals surface area contributed by atoms with E-state index in [4.69, 9.17) is 4.74 Å². The lowest BCUT2D eigenvalue weighted by atomic mass is 9.99. The van der Waals surface area contributed by atoms with Crippen molar-refractivity contribution in [3.05, 3.63) is 24.3 Å². The summed E-state index contributed by atoms with van der Waals surface area (Å²) in [5.41, 5.74) is 0. The second kappa shape index (κ2) is 8.06. The van der Waals surface area contributed by atoms with E-state index in [2.05, 4.69) is 11.8 Å². The Morgan fingerprint density at radius 1 is 1.16 bits per heavy atom. The summed E-state index contributed by atoms with van der Waals surface area (Å²) >= 11 is 0. The van der Waals surface area contributed by atoms with Crippen LogP contribution < -0.4 is 4.74 Å². The Labute approximate surface area is 152 Å². The maximum absolute atomic E-state index is 13.1. The molecular formula is C19H30N2O3S. The molecule has 2 aliphatic heterocycles. The minimum atomic E-state index is -3.45. The van der Waals surface area contributed by atoms with E-state index in [-0.39, 0.29) is 6.04 Å². The predicted octanol–water partition coefficient (Wildman–Crippen LogP) is 2.97. The van der Waals surface area contributed by atoms with Crippen molar-refractivity contribution < 1.29 is 13.2 Å². The lowest BCUT2D eigenvalue weighted by Gasteiger charge is -2.32. The van der Waals surface area contributed by atoms with Gasteiger partial charge in [-0.2, -0.15) is 4.31 Å². The van der Waals surface area contributed by atoms with Crippen LogP contribution >= 0.6 is 0 Å². The van der Waals surface area contributed by atoms with Gasteiger partial charge in [-0.1, -0.05) is 13.0 Å². The first-order valence-electron chi connectivity index (χ1n) is 9.39. The topological polar surface area (TPSA) is 49.9 Å². The molecule has 0 saturated carbocycles. The monoisotopic (exact) mass is 366 g/mol. The number of piperidine rings is 1. The van der Waals surface area contributed by atoms with E-state index in [0.717, 1.165) is 44.8 Å². The first-order chi connectivity index (χ1) is 12.0. The Hall–Kier alpha value is -1.11. The van der Waals surface area contributed by atoms with Crippen LogP contribution in [0.25, 0.3) is 0 Å². The summed E-state index contributed by atoms with van der Waals surface area (Å²) in [5.74, 6) is 1.41. The highest BCUT2D eigenvalue weighted by molar-refractivity contribution is 7.89. The van der Waals surface area contributed by atoms with Gasteiger partial charge in [-0.3, -0.25) is 0 Å². The van der Waals surface area contributed by atoms with Gasteiger partial charge in [0, 0.05) is 18.7 Å². The Kier molecular flexibility index (Phi) is 6.02. The number of hydrogen-bond donors (Lipinski definition) is 0. The highest BCUT2D eigenvalue weighted by Crippen LogP contribution is 2.29. The summed E-state index contributed by atoms with van der Waals surface area (Å²) in [6.45, 7) is 6.24. The lowest BCUT2D eigenvalue weighted by molar-refractivity contribution is 0.179. The normalized spacial score (nSPS) is 23.8. The van der Waals surface area contributed by atoms with Crippen LogP contribution in [0.1, 0.15) is 39.0 Å². The number of hydrogen-bond acceptors (Lipinski definition) is 4. The van der Waals surface area contributed by atoms with Crippen molar-refractivity contribution in [3.63, 3.8) is 0 Å². The fraction of sp³-hybridized carbons (Fsp3) is 0.684. The van der Waals surface area contributed by atoms with Gasteiger partial charge in [0.1, 0.15) is 5.75 Å². The van der Waals surface area contributed by atoms with Crippen molar-refractivity contribution in [2.45, 2.75) is 50.0 Å². The molecule has 3 rings (SSSR count). The van der Waals surface area contributed by atoms with Crippen LogP contribution in [0.5, 0.6) is 5.75 Å². The molecule has 0 amide bonds. The number of nitrogens with zero attached hydrogens (tertiary/aromatic N) is 2. The van der Waals surface area contributed by atoms with Crippen LogP contribution in [-0.2, 0) is 10.0 Å². The summed E-state index contributed by atoms with van der Waals surface area (Å²) in [7, 11) is -1.89. The fourth-order valence-corrected chi connectivity index (χ4v) is 5.69. The van der Waals surface area contributed by atoms with Gasteiger partial charge >= 0.3 is 0 Å². The number of likely N-dealkylation sites (tertiary alicyclic amines) is 1. The number of benzene rings is 1. The molecule has 2 saturated heterocycles. The van der Waals surface area contributed by atoms with Crippen LogP contribution in [0.4, 0.5) is 0 Å². The molecule has 0 unspecified atom stereocenters. The molecular weight excluding hydrogens is 336 g/mol. The zero-order chi connectivity index (χ0) is 17.9. The van der Waals surface area contributed by atoms with E-state index in [1.165, 1.54) is 12.8 Å². The largest absolute Gasteiger partial charge is 0.497 e. The number of methoxy groups -OCH3 is 1. The highest BCUT2D eigenvalue weighted by atomic mass is 32.2. The molecule has 0 bridgehead atoms. The number of sulfonamides is 1. The quantitative estimate of drug-likeness (QED) is 0.777. The second-order valence-electron chi connectivity index (χ2n) is 7.40. The van der Waals surface area contributed by atoms with Gasteiger partial charge in [0.2, 0.25) is 10.0 Å². The smallest absolute Gasteiger partial charge is 0.243 e. The fourth-order valence-electron chi connectivity index (χ4n) is 3.93. The van der Waals surface area contributed by atoms with E-state index in [1.54, 1.807) is 35.7 Å². The summed E-state index contributed by atoms with van der Waals surface area (Å²) < 4.78 is 33.0. The van der Waals surface area contributed by atoms with Gasteiger partial charge in [0.25, 0.3) is 0 Å². The Bertz CT molecular complexity index is 669. The summed E-state index contributed by atoms with van der Waals surface area (Å²) in [6.07, 6.45) is 5.36. The zero-order valence-electron chi connectivity index (χ0n) is 15.4. The molecule has 1 atom stereocenters. The molecule has 2 aliphatic rings. The lowest BCUT2D eigenvalue weighted by Crippen LogP contribution is -2.40. The van der Waals surface area contributed by atoms with Gasteiger partial charge in [0.15, 0.2) is 0 Å². The Balaban J connectivity index is 1.65. The van der Waals surface area contributed by atoms with Crippen LogP contribution in [0, 0.1) is 5.92 Å². The Morgan fingerprint density at radius 2 is 1.92 bits per heavy atom. The van der Waals surface area contributed by atoms with E-state index >= 15 is 0 Å². The SMILES string of the molecule is COc1cccc(S(=O)(=O)N2CCC[C@H]2CCN2CCC(C)CC2)c1. The molecule has 25 heavy (non-hydrogen) atoms. The number of rotatable bonds is 6. The molecule has 0 radical (unpaired) electrons. The predicted molar refractivity (Wildman–Crippen MR) is 99.4 cm³/mol. The van der Waals surface area contributed by atoms with Crippen molar-refractivity contribution >= 4 is 10.0 Å². The molecule has 1 aromatic rings. The van der Waals surface area contributed by atoms with Crippen molar-refractivity contribution in [1.29, 1.82) is 0 Å². The van der Waals surface area contributed by atoms with Crippen molar-refractivity contribution in [2.24, 2.45) is 5.92 Å². The average molecular weight is 367 g/mol. The van der Waals surface area contributed by atoms with Gasteiger partial charge in [-0.15, -0.1) is 0 Å². The van der Waals surface area contributed by atoms with Gasteiger partial charge < -0.3 is 9.64 Å². The van der Waals surface area contributed by atoms with Gasteiger partial charge in [0.05, 0.1) is 12.0 Å². The molecule has 140 valence electrons. The summed E-state index contributed by atoms with van der Waals surface area (Å²) in [4.78, 5) is 2.83. The molecule has 6 heteroatoms. The molecule has 0 aromatic heterocycles. The van der Waals surface area contributed by atoms with E-state index in [0.29, 0.717) is 17.2 Å². The molecule has 2 heterocycles. The average Bonchev–Trinajstić information content (AvgIpc) is 3.11. The summed E-state index contributed by atoms with van der Waals surface area (Å²) in [5, 5.41) is 0. The number of ether oxygens (including phenoxy) is 1. The highest BCUT2D eigenvalue weighted by Gasteiger charge is 2.35. The maximum atomic E-state index is 13.1. The van der Waals surface area contributed by atoms with Crippen molar-refractivity contribution in [3.8, 4) is 5.75 Å². The second-order valence-corrected chi connectivity index (χ2v) is 9.29. The Morgan fingerprint density at radius 3 is 2.64 bits per heavy atom. The first-order valence-corrected chi connectivity index (χ1v) is 10.8. The third kappa shape index (κ3) is 4.36. The van der Waals surface area contributed by atoms with E-state index in [9.17, 15) is 8.42 Å². The standard InChI is InChI=1S/C19H30N2O3S/c1-16-8-12-20(13-9-16)14-10-17-5-4-11-21(17)25(22,23)19-7-3-6-18(15-19)24-2/h3,6-7,15-17H,4-5,8-14H2,1-2H3/t17-/m0/s1. The molecule has 5 nitrogen and oxygen atoms in total. The van der Waals surface area contributed by atoms with Crippen LogP contribution in [0.2, 0.25) is 0 Å². The summed E-state index contributed by atoms with van der Waals surface area (Å²) in [6, 6.07) is 6.93. The minimum Gasteiger partial charge on any atom is -0.497 e. The van der Waals surface area contributed by atoms with Gasteiger partial charge in [-0.05, 0) is 69.8 Å². The minimum absolute atomic E-state index is 0.121. The molecule has 1 aromatic carbocycles. The molecule has 0 N–H and O–H groups in total. The first kappa shape index (κ1) is 18.7. The van der Waals surface area contributed by atoms with E-state index < -0.39 is 10.0 Å².